The van der Waals surface area contributed by atoms with E-state index in [9.17, 15) is 8.39 Å². The second-order valence-corrected chi connectivity index (χ2v) is 4.66. The average molecular weight is 176 g/mol. The van der Waals surface area contributed by atoms with Gasteiger partial charge in [-0.1, -0.05) is 0 Å². The van der Waals surface area contributed by atoms with Crippen molar-refractivity contribution >= 4 is 7.91 Å². The second kappa shape index (κ2) is 2.08. The molecule has 64 valence electrons. The zero-order chi connectivity index (χ0) is 8.65. The van der Waals surface area contributed by atoms with E-state index >= 15 is 0 Å². The minimum absolute atomic E-state index is 1.25. The predicted octanol–water partition coefficient (Wildman–Crippen LogP) is 1.85. The predicted molar refractivity (Wildman–Crippen MR) is 34.4 cm³/mol. The van der Waals surface area contributed by atoms with E-state index in [0.29, 0.717) is 0 Å². The number of rotatable bonds is 1. The number of hydrogen-bond donors (Lipinski definition) is 2. The van der Waals surface area contributed by atoms with Gasteiger partial charge in [0.2, 0.25) is 0 Å². The molecule has 0 spiro atoms. The number of hydrogen-bond acceptors (Lipinski definition) is 3. The second-order valence-electron chi connectivity index (χ2n) is 2.96. The van der Waals surface area contributed by atoms with Crippen LogP contribution in [0.4, 0.5) is 8.39 Å². The molecule has 0 aromatic heterocycles. The van der Waals surface area contributed by atoms with Crippen LogP contribution in [-0.2, 0) is 4.52 Å². The van der Waals surface area contributed by atoms with Crippen LogP contribution in [-0.4, -0.2) is 15.4 Å². The third-order valence-electron chi connectivity index (χ3n) is 0.425. The van der Waals surface area contributed by atoms with Crippen LogP contribution in [0.2, 0.25) is 0 Å². The van der Waals surface area contributed by atoms with Crippen molar-refractivity contribution in [3.8, 4) is 0 Å². The van der Waals surface area contributed by atoms with Crippen LogP contribution in [0.3, 0.4) is 0 Å². The van der Waals surface area contributed by atoms with Gasteiger partial charge >= 0.3 is 57.0 Å². The molecule has 0 aromatic rings. The van der Waals surface area contributed by atoms with E-state index in [2.05, 4.69) is 4.52 Å². The Balaban J connectivity index is 4.18. The van der Waals surface area contributed by atoms with Gasteiger partial charge in [0.15, 0.2) is 0 Å². The van der Waals surface area contributed by atoms with Crippen LogP contribution < -0.4 is 0 Å². The molecule has 0 radical (unpaired) electrons. The Kier molecular flexibility index (Phi) is 2.11. The first-order valence-corrected chi connectivity index (χ1v) is 4.47. The molecule has 0 bridgehead atoms. The van der Waals surface area contributed by atoms with E-state index in [-0.39, 0.29) is 0 Å². The zero-order valence-corrected chi connectivity index (χ0v) is 6.90. The first-order chi connectivity index (χ1) is 3.96. The van der Waals surface area contributed by atoms with E-state index < -0.39 is 13.5 Å². The fraction of sp³-hybridized carbons (Fsp3) is 1.00. The summed E-state index contributed by atoms with van der Waals surface area (Å²) in [5.74, 6) is 0. The number of halogens is 2. The molecule has 3 nitrogen and oxygen atoms in total. The van der Waals surface area contributed by atoms with Gasteiger partial charge in [0.1, 0.15) is 0 Å². The Morgan fingerprint density at radius 2 is 1.50 bits per heavy atom. The summed E-state index contributed by atoms with van der Waals surface area (Å²) < 4.78 is 27.6. The molecule has 2 N–H and O–H groups in total. The van der Waals surface area contributed by atoms with Gasteiger partial charge in [-0.25, -0.2) is 0 Å². The minimum atomic E-state index is -6.75. The summed E-state index contributed by atoms with van der Waals surface area (Å²) in [5.41, 5.74) is -1.25. The molecular weight excluding hydrogens is 165 g/mol. The molecule has 0 aliphatic heterocycles. The van der Waals surface area contributed by atoms with E-state index in [4.69, 9.17) is 9.79 Å². The summed E-state index contributed by atoms with van der Waals surface area (Å²) in [5, 5.41) is 0. The first kappa shape index (κ1) is 10.2. The first-order valence-electron chi connectivity index (χ1n) is 2.62. The van der Waals surface area contributed by atoms with Crippen molar-refractivity contribution < 1.29 is 22.7 Å². The van der Waals surface area contributed by atoms with Crippen LogP contribution >= 0.6 is 7.91 Å². The van der Waals surface area contributed by atoms with Gasteiger partial charge in [-0.15, -0.1) is 0 Å². The molecule has 0 aliphatic carbocycles. The van der Waals surface area contributed by atoms with Crippen molar-refractivity contribution in [1.82, 2.24) is 0 Å². The van der Waals surface area contributed by atoms with Gasteiger partial charge in [0, 0.05) is 0 Å². The SMILES string of the molecule is CC(C)(C)OP(O)(O)(F)F. The maximum atomic E-state index is 11.9. The maximum absolute atomic E-state index is 11.9. The monoisotopic (exact) mass is 176 g/mol. The molecule has 0 aromatic carbocycles. The summed E-state index contributed by atoms with van der Waals surface area (Å²) in [4.78, 5) is 15.9. The van der Waals surface area contributed by atoms with Crippen molar-refractivity contribution in [3.63, 3.8) is 0 Å². The standard InChI is InChI=1S/C4H11F2O3P/c1-4(2,3)9-10(5,6,7)8/h7-8H,1-3H3. The zero-order valence-electron chi connectivity index (χ0n) is 6.01. The summed E-state index contributed by atoms with van der Waals surface area (Å²) in [6, 6.07) is 0. The van der Waals surface area contributed by atoms with Crippen molar-refractivity contribution in [2.24, 2.45) is 0 Å². The van der Waals surface area contributed by atoms with Gasteiger partial charge in [0.05, 0.1) is 0 Å². The summed E-state index contributed by atoms with van der Waals surface area (Å²) in [7, 11) is -6.75. The molecule has 0 amide bonds. The fourth-order valence-corrected chi connectivity index (χ4v) is 1.36. The van der Waals surface area contributed by atoms with Crippen molar-refractivity contribution in [2.45, 2.75) is 26.4 Å². The van der Waals surface area contributed by atoms with Crippen LogP contribution in [0, 0.1) is 0 Å². The third kappa shape index (κ3) is 8.17. The average Bonchev–Trinajstić information content (AvgIpc) is 1.09. The van der Waals surface area contributed by atoms with Crippen LogP contribution in [0.5, 0.6) is 0 Å². The van der Waals surface area contributed by atoms with Crippen LogP contribution in [0.25, 0.3) is 0 Å². The van der Waals surface area contributed by atoms with Gasteiger partial charge in [0.25, 0.3) is 0 Å². The van der Waals surface area contributed by atoms with Gasteiger partial charge in [-0.3, -0.25) is 0 Å². The molecule has 0 saturated heterocycles. The fourth-order valence-electron chi connectivity index (χ4n) is 0.452. The van der Waals surface area contributed by atoms with E-state index in [1.807, 2.05) is 0 Å². The Morgan fingerprint density at radius 3 is 1.50 bits per heavy atom. The van der Waals surface area contributed by atoms with Gasteiger partial charge in [-0.05, 0) is 0 Å². The topological polar surface area (TPSA) is 49.7 Å². The Morgan fingerprint density at radius 1 is 1.20 bits per heavy atom. The van der Waals surface area contributed by atoms with Gasteiger partial charge in [-0.2, -0.15) is 0 Å². The molecule has 0 fully saturated rings. The van der Waals surface area contributed by atoms with Crippen molar-refractivity contribution in [2.75, 3.05) is 0 Å². The molecule has 0 unspecified atom stereocenters. The van der Waals surface area contributed by atoms with Crippen LogP contribution in [0.1, 0.15) is 20.8 Å². The van der Waals surface area contributed by atoms with Crippen molar-refractivity contribution in [1.29, 1.82) is 0 Å². The molecule has 0 heterocycles. The van der Waals surface area contributed by atoms with Gasteiger partial charge < -0.3 is 0 Å². The van der Waals surface area contributed by atoms with Crippen molar-refractivity contribution in [3.05, 3.63) is 0 Å². The molecule has 0 aliphatic rings. The quantitative estimate of drug-likeness (QED) is 0.599. The molecule has 6 heteroatoms. The molecule has 0 saturated carbocycles. The van der Waals surface area contributed by atoms with E-state index in [0.717, 1.165) is 0 Å². The Hall–Kier alpha value is 0.170. The Labute approximate surface area is 58.0 Å². The molecule has 0 atom stereocenters. The summed E-state index contributed by atoms with van der Waals surface area (Å²) in [6.45, 7) is 3.92. The third-order valence-corrected chi connectivity index (χ3v) is 1.27. The normalized spacial score (nSPS) is 18.1. The summed E-state index contributed by atoms with van der Waals surface area (Å²) in [6.07, 6.45) is 0. The molecular formula is C4H11F2O3P. The van der Waals surface area contributed by atoms with E-state index in [1.54, 1.807) is 0 Å². The summed E-state index contributed by atoms with van der Waals surface area (Å²) >= 11 is 0. The molecule has 10 heavy (non-hydrogen) atoms. The van der Waals surface area contributed by atoms with Crippen LogP contribution in [0.15, 0.2) is 0 Å². The van der Waals surface area contributed by atoms with E-state index in [1.165, 1.54) is 20.8 Å². The molecule has 0 rings (SSSR count). The Bertz CT molecular complexity index is 124.